The zero-order valence-corrected chi connectivity index (χ0v) is 8.60. The van der Waals surface area contributed by atoms with Gasteiger partial charge in [0.05, 0.1) is 12.7 Å². The van der Waals surface area contributed by atoms with Crippen molar-refractivity contribution in [1.82, 2.24) is 4.90 Å². The summed E-state index contributed by atoms with van der Waals surface area (Å²) < 4.78 is 5.37. The normalized spacial score (nSPS) is 38.9. The fourth-order valence-electron chi connectivity index (χ4n) is 1.79. The molecule has 1 fully saturated rings. The molecule has 0 aromatic rings. The molecule has 5 N–H and O–H groups in total. The molecule has 2 rings (SSSR count). The molecule has 2 aliphatic rings. The summed E-state index contributed by atoms with van der Waals surface area (Å²) in [5, 5.41) is 28.1. The lowest BCUT2D eigenvalue weighted by molar-refractivity contribution is -0.110. The Morgan fingerprint density at radius 2 is 2.31 bits per heavy atom. The zero-order valence-electron chi connectivity index (χ0n) is 8.60. The first-order valence-electron chi connectivity index (χ1n) is 5.03. The van der Waals surface area contributed by atoms with Gasteiger partial charge in [-0.25, -0.2) is 4.99 Å². The molecule has 0 saturated carbocycles. The highest BCUT2D eigenvalue weighted by Gasteiger charge is 2.38. The molecular formula is C9H15N3O4. The van der Waals surface area contributed by atoms with E-state index in [0.29, 0.717) is 6.42 Å². The van der Waals surface area contributed by atoms with Crippen molar-refractivity contribution >= 4 is 5.84 Å². The molecule has 0 radical (unpaired) electrons. The van der Waals surface area contributed by atoms with Crippen LogP contribution in [0.4, 0.5) is 0 Å². The second-order valence-corrected chi connectivity index (χ2v) is 3.78. The zero-order chi connectivity index (χ0) is 11.7. The topological polar surface area (TPSA) is 112 Å². The first kappa shape index (κ1) is 11.3. The van der Waals surface area contributed by atoms with Crippen LogP contribution in [0.25, 0.3) is 0 Å². The van der Waals surface area contributed by atoms with E-state index in [1.807, 2.05) is 0 Å². The third kappa shape index (κ3) is 2.03. The molecule has 2 aliphatic heterocycles. The maximum absolute atomic E-state index is 9.63. The average Bonchev–Trinajstić information content (AvgIpc) is 2.59. The van der Waals surface area contributed by atoms with Gasteiger partial charge in [0.2, 0.25) is 6.35 Å². The molecule has 90 valence electrons. The van der Waals surface area contributed by atoms with E-state index in [1.165, 1.54) is 11.0 Å². The van der Waals surface area contributed by atoms with Crippen LogP contribution in [-0.4, -0.2) is 57.4 Å². The van der Waals surface area contributed by atoms with Gasteiger partial charge in [-0.3, -0.25) is 0 Å². The summed E-state index contributed by atoms with van der Waals surface area (Å²) in [7, 11) is 0. The van der Waals surface area contributed by atoms with Crippen molar-refractivity contribution in [3.63, 3.8) is 0 Å². The molecule has 0 spiro atoms. The minimum absolute atomic E-state index is 0.237. The highest BCUT2D eigenvalue weighted by Crippen LogP contribution is 2.25. The Labute approximate surface area is 92.4 Å². The minimum Gasteiger partial charge on any atom is -0.394 e. The van der Waals surface area contributed by atoms with Crippen molar-refractivity contribution in [3.05, 3.63) is 12.3 Å². The molecule has 0 aromatic carbocycles. The number of aliphatic imine (C=N–C) groups is 1. The molecule has 16 heavy (non-hydrogen) atoms. The van der Waals surface area contributed by atoms with Gasteiger partial charge in [0.25, 0.3) is 0 Å². The largest absolute Gasteiger partial charge is 0.394 e. The standard InChI is InChI=1S/C9H15N3O4/c10-7-1-2-12(9(15)11-7)8-3-5(14)6(4-13)16-8/h1-2,5-6,8-9,13-15H,3-4H2,(H2,10,11)/t5?,6-,8-,9+/m0/s1. The van der Waals surface area contributed by atoms with Crippen LogP contribution in [0.15, 0.2) is 17.3 Å². The Hall–Kier alpha value is -1.15. The first-order chi connectivity index (χ1) is 7.61. The first-order valence-corrected chi connectivity index (χ1v) is 5.03. The van der Waals surface area contributed by atoms with Gasteiger partial charge in [-0.2, -0.15) is 0 Å². The fourth-order valence-corrected chi connectivity index (χ4v) is 1.79. The number of aliphatic hydroxyl groups is 3. The summed E-state index contributed by atoms with van der Waals surface area (Å²) in [5.41, 5.74) is 5.41. The number of nitrogens with zero attached hydrogens (tertiary/aromatic N) is 2. The molecule has 0 aliphatic carbocycles. The van der Waals surface area contributed by atoms with Crippen LogP contribution < -0.4 is 5.73 Å². The Balaban J connectivity index is 2.03. The summed E-state index contributed by atoms with van der Waals surface area (Å²) in [5.74, 6) is 0.237. The van der Waals surface area contributed by atoms with Crippen LogP contribution >= 0.6 is 0 Å². The highest BCUT2D eigenvalue weighted by atomic mass is 16.5. The minimum atomic E-state index is -1.11. The highest BCUT2D eigenvalue weighted by molar-refractivity contribution is 5.91. The number of aliphatic hydroxyl groups excluding tert-OH is 3. The van der Waals surface area contributed by atoms with Gasteiger partial charge >= 0.3 is 0 Å². The van der Waals surface area contributed by atoms with E-state index in [9.17, 15) is 10.2 Å². The van der Waals surface area contributed by atoms with E-state index >= 15 is 0 Å². The molecule has 0 amide bonds. The van der Waals surface area contributed by atoms with Gasteiger partial charge < -0.3 is 30.7 Å². The van der Waals surface area contributed by atoms with Crippen molar-refractivity contribution < 1.29 is 20.1 Å². The molecule has 4 atom stereocenters. The van der Waals surface area contributed by atoms with Gasteiger partial charge in [-0.05, 0) is 6.08 Å². The Kier molecular flexibility index (Phi) is 3.10. The van der Waals surface area contributed by atoms with Crippen LogP contribution in [0.3, 0.4) is 0 Å². The number of amidine groups is 1. The Morgan fingerprint density at radius 1 is 1.56 bits per heavy atom. The van der Waals surface area contributed by atoms with Crippen LogP contribution in [0, 0.1) is 0 Å². The monoisotopic (exact) mass is 229 g/mol. The van der Waals surface area contributed by atoms with Crippen LogP contribution in [0.1, 0.15) is 6.42 Å². The van der Waals surface area contributed by atoms with E-state index in [1.54, 1.807) is 6.20 Å². The second-order valence-electron chi connectivity index (χ2n) is 3.78. The predicted octanol–water partition coefficient (Wildman–Crippen LogP) is -2.08. The number of hydrogen-bond donors (Lipinski definition) is 4. The van der Waals surface area contributed by atoms with Gasteiger partial charge in [0.1, 0.15) is 18.2 Å². The van der Waals surface area contributed by atoms with E-state index < -0.39 is 24.8 Å². The molecular weight excluding hydrogens is 214 g/mol. The van der Waals surface area contributed by atoms with E-state index in [4.69, 9.17) is 15.6 Å². The van der Waals surface area contributed by atoms with Crippen molar-refractivity contribution in [2.24, 2.45) is 10.7 Å². The second kappa shape index (κ2) is 4.38. The third-order valence-corrected chi connectivity index (χ3v) is 2.67. The van der Waals surface area contributed by atoms with Gasteiger partial charge in [-0.1, -0.05) is 0 Å². The molecule has 0 bridgehead atoms. The maximum atomic E-state index is 9.63. The van der Waals surface area contributed by atoms with E-state index in [2.05, 4.69) is 4.99 Å². The van der Waals surface area contributed by atoms with Crippen LogP contribution in [0.5, 0.6) is 0 Å². The number of rotatable bonds is 2. The number of nitrogens with two attached hydrogens (primary N) is 1. The molecule has 7 heteroatoms. The average molecular weight is 229 g/mol. The Morgan fingerprint density at radius 3 is 2.88 bits per heavy atom. The lowest BCUT2D eigenvalue weighted by atomic mass is 10.2. The van der Waals surface area contributed by atoms with Crippen LogP contribution in [0.2, 0.25) is 0 Å². The summed E-state index contributed by atoms with van der Waals surface area (Å²) in [6.45, 7) is -0.253. The fraction of sp³-hybridized carbons (Fsp3) is 0.667. The lowest BCUT2D eigenvalue weighted by Crippen LogP contribution is -2.41. The van der Waals surface area contributed by atoms with Gasteiger partial charge in [-0.15, -0.1) is 0 Å². The van der Waals surface area contributed by atoms with E-state index in [-0.39, 0.29) is 12.4 Å². The molecule has 1 unspecified atom stereocenters. The number of hydrogen-bond acceptors (Lipinski definition) is 7. The van der Waals surface area contributed by atoms with Gasteiger partial charge in [0, 0.05) is 12.6 Å². The van der Waals surface area contributed by atoms with Gasteiger partial charge in [0.15, 0.2) is 0 Å². The predicted molar refractivity (Wildman–Crippen MR) is 55.0 cm³/mol. The SMILES string of the molecule is NC1=N[C@@H](O)N([C@@H]2CC(O)[C@H](CO)O2)C=C1. The molecule has 1 saturated heterocycles. The molecule has 7 nitrogen and oxygen atoms in total. The Bertz CT molecular complexity index is 320. The summed E-state index contributed by atoms with van der Waals surface area (Å²) in [6.07, 6.45) is 0.434. The summed E-state index contributed by atoms with van der Waals surface area (Å²) >= 11 is 0. The number of ether oxygens (including phenoxy) is 1. The van der Waals surface area contributed by atoms with E-state index in [0.717, 1.165) is 0 Å². The smallest absolute Gasteiger partial charge is 0.229 e. The lowest BCUT2D eigenvalue weighted by Gasteiger charge is -2.31. The van der Waals surface area contributed by atoms with Crippen molar-refractivity contribution in [3.8, 4) is 0 Å². The molecule has 0 aromatic heterocycles. The summed E-state index contributed by atoms with van der Waals surface area (Å²) in [4.78, 5) is 5.19. The third-order valence-electron chi connectivity index (χ3n) is 2.67. The van der Waals surface area contributed by atoms with Crippen molar-refractivity contribution in [2.45, 2.75) is 31.2 Å². The summed E-state index contributed by atoms with van der Waals surface area (Å²) in [6, 6.07) is 0. The quantitative estimate of drug-likeness (QED) is 0.432. The van der Waals surface area contributed by atoms with Crippen LogP contribution in [-0.2, 0) is 4.74 Å². The maximum Gasteiger partial charge on any atom is 0.229 e. The van der Waals surface area contributed by atoms with Crippen molar-refractivity contribution in [2.75, 3.05) is 6.61 Å². The van der Waals surface area contributed by atoms with Crippen molar-refractivity contribution in [1.29, 1.82) is 0 Å². The molecule has 2 heterocycles.